The van der Waals surface area contributed by atoms with Crippen LogP contribution >= 0.6 is 0 Å². The number of hydrogen-bond donors (Lipinski definition) is 0. The third-order valence-electron chi connectivity index (χ3n) is 11.3. The van der Waals surface area contributed by atoms with Gasteiger partial charge in [-0.05, 0) is 102 Å². The van der Waals surface area contributed by atoms with Gasteiger partial charge in [0.15, 0.2) is 0 Å². The largest absolute Gasteiger partial charge is 0.247 e. The fraction of sp³-hybridized carbons (Fsp3) is 0.0200. The molecule has 1 heteroatoms. The molecule has 0 amide bonds. The number of benzene rings is 8. The van der Waals surface area contributed by atoms with Gasteiger partial charge < -0.3 is 0 Å². The summed E-state index contributed by atoms with van der Waals surface area (Å²) >= 11 is 0. The molecule has 0 N–H and O–H groups in total. The fourth-order valence-electron chi connectivity index (χ4n) is 9.11. The molecule has 0 radical (unpaired) electrons. The van der Waals surface area contributed by atoms with E-state index in [1.807, 2.05) is 0 Å². The molecule has 0 unspecified atom stereocenters. The lowest BCUT2D eigenvalue weighted by Crippen LogP contribution is -2.25. The molecular formula is C50H31N. The second-order valence-electron chi connectivity index (χ2n) is 13.8. The second-order valence-corrected chi connectivity index (χ2v) is 13.8. The minimum atomic E-state index is -0.407. The quantitative estimate of drug-likeness (QED) is 0.174. The monoisotopic (exact) mass is 645 g/mol. The smallest absolute Gasteiger partial charge is 0.0788 e. The van der Waals surface area contributed by atoms with E-state index < -0.39 is 5.41 Å². The molecule has 0 fully saturated rings. The predicted octanol–water partition coefficient (Wildman–Crippen LogP) is 12.7. The molecule has 0 aliphatic heterocycles. The van der Waals surface area contributed by atoms with Crippen molar-refractivity contribution in [3.8, 4) is 55.8 Å². The van der Waals surface area contributed by atoms with Crippen LogP contribution in [0.1, 0.15) is 22.3 Å². The zero-order valence-corrected chi connectivity index (χ0v) is 27.8. The average Bonchev–Trinajstić information content (AvgIpc) is 3.67. The van der Waals surface area contributed by atoms with Crippen molar-refractivity contribution in [3.63, 3.8) is 0 Å². The summed E-state index contributed by atoms with van der Waals surface area (Å²) in [6.07, 6.45) is 0. The van der Waals surface area contributed by atoms with Gasteiger partial charge in [0.25, 0.3) is 0 Å². The second kappa shape index (κ2) is 10.7. The highest BCUT2D eigenvalue weighted by molar-refractivity contribution is 6.14. The summed E-state index contributed by atoms with van der Waals surface area (Å²) in [5.41, 5.74) is 18.2. The summed E-state index contributed by atoms with van der Waals surface area (Å²) in [5.74, 6) is 0. The number of rotatable bonds is 3. The van der Waals surface area contributed by atoms with Crippen LogP contribution in [-0.4, -0.2) is 4.98 Å². The first-order chi connectivity index (χ1) is 25.3. The number of pyridine rings is 1. The molecule has 1 aromatic heterocycles. The van der Waals surface area contributed by atoms with Gasteiger partial charge in [-0.3, -0.25) is 0 Å². The van der Waals surface area contributed by atoms with E-state index in [0.717, 1.165) is 16.8 Å². The van der Waals surface area contributed by atoms with Crippen LogP contribution in [0.25, 0.3) is 77.4 Å². The molecule has 11 rings (SSSR count). The summed E-state index contributed by atoms with van der Waals surface area (Å²) in [7, 11) is 0. The van der Waals surface area contributed by atoms with Crippen molar-refractivity contribution < 1.29 is 0 Å². The Morgan fingerprint density at radius 2 is 0.784 bits per heavy atom. The van der Waals surface area contributed by atoms with Crippen LogP contribution in [-0.2, 0) is 5.41 Å². The number of aromatic nitrogens is 1. The lowest BCUT2D eigenvalue weighted by molar-refractivity contribution is 0.795. The van der Waals surface area contributed by atoms with Crippen molar-refractivity contribution in [2.75, 3.05) is 0 Å². The third-order valence-corrected chi connectivity index (χ3v) is 11.3. The highest BCUT2D eigenvalue weighted by Gasteiger charge is 2.51. The summed E-state index contributed by atoms with van der Waals surface area (Å²) < 4.78 is 0. The first kappa shape index (κ1) is 28.3. The van der Waals surface area contributed by atoms with Gasteiger partial charge in [-0.1, -0.05) is 158 Å². The minimum Gasteiger partial charge on any atom is -0.247 e. The molecule has 1 heterocycles. The molecule has 236 valence electrons. The number of nitrogens with zero attached hydrogens (tertiary/aromatic N) is 1. The lowest BCUT2D eigenvalue weighted by atomic mass is 9.70. The predicted molar refractivity (Wildman–Crippen MR) is 212 cm³/mol. The molecule has 51 heavy (non-hydrogen) atoms. The molecule has 0 bridgehead atoms. The van der Waals surface area contributed by atoms with Gasteiger partial charge >= 0.3 is 0 Å². The van der Waals surface area contributed by atoms with Crippen LogP contribution in [0.2, 0.25) is 0 Å². The maximum Gasteiger partial charge on any atom is 0.0788 e. The van der Waals surface area contributed by atoms with E-state index in [0.29, 0.717) is 0 Å². The molecular weight excluding hydrogens is 615 g/mol. The van der Waals surface area contributed by atoms with Crippen molar-refractivity contribution in [1.82, 2.24) is 4.98 Å². The van der Waals surface area contributed by atoms with Gasteiger partial charge in [-0.25, -0.2) is 4.98 Å². The van der Waals surface area contributed by atoms with E-state index in [1.54, 1.807) is 0 Å². The lowest BCUT2D eigenvalue weighted by Gasteiger charge is -2.30. The highest BCUT2D eigenvalue weighted by Crippen LogP contribution is 2.63. The van der Waals surface area contributed by atoms with Gasteiger partial charge in [-0.2, -0.15) is 0 Å². The van der Waals surface area contributed by atoms with Gasteiger partial charge in [-0.15, -0.1) is 0 Å². The van der Waals surface area contributed by atoms with E-state index in [4.69, 9.17) is 4.98 Å². The normalized spacial score (nSPS) is 13.3. The number of para-hydroxylation sites is 1. The van der Waals surface area contributed by atoms with Crippen LogP contribution in [0.4, 0.5) is 0 Å². The zero-order chi connectivity index (χ0) is 33.5. The molecule has 1 nitrogen and oxygen atoms in total. The molecule has 0 saturated heterocycles. The summed E-state index contributed by atoms with van der Waals surface area (Å²) in [5, 5.41) is 3.59. The van der Waals surface area contributed by atoms with E-state index in [2.05, 4.69) is 188 Å². The minimum absolute atomic E-state index is 0.407. The first-order valence-corrected chi connectivity index (χ1v) is 17.7. The van der Waals surface area contributed by atoms with Crippen molar-refractivity contribution >= 4 is 21.7 Å². The Labute approximate surface area is 297 Å². The van der Waals surface area contributed by atoms with Crippen LogP contribution in [0.3, 0.4) is 0 Å². The topological polar surface area (TPSA) is 12.9 Å². The van der Waals surface area contributed by atoms with Crippen LogP contribution in [0.5, 0.6) is 0 Å². The standard InChI is InChI=1S/C50H31N/c1-2-14-32(15-3-1)33-16-12-17-34(28-33)35-18-13-19-36(29-35)49-43-31-47-42(30-41(43)40-23-7-11-27-48(40)51-49)39-22-6-10-26-46(39)50(47)44-24-8-4-20-37(44)38-21-5-9-25-45(38)50/h1-31H. The van der Waals surface area contributed by atoms with Crippen molar-refractivity contribution in [2.24, 2.45) is 0 Å². The fourth-order valence-corrected chi connectivity index (χ4v) is 9.11. The van der Waals surface area contributed by atoms with E-state index in [-0.39, 0.29) is 0 Å². The third kappa shape index (κ3) is 3.95. The Balaban J connectivity index is 1.19. The number of hydrogen-bond acceptors (Lipinski definition) is 1. The molecule has 1 spiro atoms. The zero-order valence-electron chi connectivity index (χ0n) is 27.8. The van der Waals surface area contributed by atoms with E-state index in [9.17, 15) is 0 Å². The summed E-state index contributed by atoms with van der Waals surface area (Å²) in [4.78, 5) is 5.45. The molecule has 9 aromatic rings. The Morgan fingerprint density at radius 3 is 1.45 bits per heavy atom. The van der Waals surface area contributed by atoms with Gasteiger partial charge in [0, 0.05) is 16.3 Å². The van der Waals surface area contributed by atoms with Gasteiger partial charge in [0.05, 0.1) is 16.6 Å². The molecule has 2 aliphatic carbocycles. The number of fused-ring (bicyclic) bond motifs is 13. The Bertz CT molecular complexity index is 2820. The summed E-state index contributed by atoms with van der Waals surface area (Å²) in [6.45, 7) is 0. The first-order valence-electron chi connectivity index (χ1n) is 17.7. The molecule has 0 saturated carbocycles. The molecule has 8 aromatic carbocycles. The average molecular weight is 646 g/mol. The molecule has 2 aliphatic rings. The Hall–Kier alpha value is -6.57. The van der Waals surface area contributed by atoms with Crippen LogP contribution in [0, 0.1) is 0 Å². The maximum atomic E-state index is 5.45. The maximum absolute atomic E-state index is 5.45. The van der Waals surface area contributed by atoms with Gasteiger partial charge in [0.2, 0.25) is 0 Å². The SMILES string of the molecule is c1ccc(-c2cccc(-c3cccc(-c4nc5ccccc5c5cc6c(cc45)C4(c5ccccc5-c5ccccc54)c4ccccc4-6)c3)c2)cc1. The summed E-state index contributed by atoms with van der Waals surface area (Å²) in [6, 6.07) is 69.0. The van der Waals surface area contributed by atoms with E-state index >= 15 is 0 Å². The van der Waals surface area contributed by atoms with E-state index in [1.165, 1.54) is 82.9 Å². The van der Waals surface area contributed by atoms with Crippen LogP contribution < -0.4 is 0 Å². The highest BCUT2D eigenvalue weighted by atomic mass is 14.7. The van der Waals surface area contributed by atoms with Crippen molar-refractivity contribution in [2.45, 2.75) is 5.41 Å². The Morgan fingerprint density at radius 1 is 0.294 bits per heavy atom. The van der Waals surface area contributed by atoms with Crippen LogP contribution in [0.15, 0.2) is 188 Å². The van der Waals surface area contributed by atoms with Crippen molar-refractivity contribution in [3.05, 3.63) is 210 Å². The van der Waals surface area contributed by atoms with Gasteiger partial charge in [0.1, 0.15) is 0 Å². The van der Waals surface area contributed by atoms with Crippen molar-refractivity contribution in [1.29, 1.82) is 0 Å². The Kier molecular flexibility index (Phi) is 5.94. The molecule has 0 atom stereocenters.